The van der Waals surface area contributed by atoms with Crippen molar-refractivity contribution in [2.45, 2.75) is 58.3 Å². The molecule has 10 heteroatoms. The van der Waals surface area contributed by atoms with Gasteiger partial charge < -0.3 is 18.9 Å². The van der Waals surface area contributed by atoms with Crippen molar-refractivity contribution in [3.63, 3.8) is 0 Å². The Morgan fingerprint density at radius 1 is 0.535 bits per heavy atom. The second kappa shape index (κ2) is 18.2. The van der Waals surface area contributed by atoms with Crippen molar-refractivity contribution >= 4 is 55.7 Å². The van der Waals surface area contributed by atoms with Gasteiger partial charge in [0.1, 0.15) is 23.0 Å². The molecule has 0 bridgehead atoms. The number of hydrogen-bond acceptors (Lipinski definition) is 8. The highest BCUT2D eigenvalue weighted by atomic mass is 79.9. The first kappa shape index (κ1) is 34.0. The smallest absolute Gasteiger partial charge is 0.343 e. The van der Waals surface area contributed by atoms with Crippen LogP contribution < -0.4 is 18.9 Å². The molecule has 43 heavy (non-hydrogen) atoms. The third-order valence-electron chi connectivity index (χ3n) is 6.23. The summed E-state index contributed by atoms with van der Waals surface area (Å²) in [7, 11) is 0. The zero-order valence-electron chi connectivity index (χ0n) is 23.9. The van der Waals surface area contributed by atoms with E-state index < -0.39 is 11.9 Å². The van der Waals surface area contributed by atoms with Crippen LogP contribution in [-0.2, 0) is 9.59 Å². The molecule has 3 aromatic rings. The number of halogens is 2. The molecule has 0 saturated heterocycles. The first-order chi connectivity index (χ1) is 20.8. The van der Waals surface area contributed by atoms with E-state index in [1.54, 1.807) is 43.3 Å². The van der Waals surface area contributed by atoms with Crippen molar-refractivity contribution in [2.24, 2.45) is 0 Å². The lowest BCUT2D eigenvalue weighted by molar-refractivity contribution is -0.135. The van der Waals surface area contributed by atoms with Gasteiger partial charge in [-0.2, -0.15) is 0 Å². The number of carbonyl (C=O) groups excluding carboxylic acids is 4. The predicted molar refractivity (Wildman–Crippen MR) is 170 cm³/mol. The minimum atomic E-state index is -0.587. The summed E-state index contributed by atoms with van der Waals surface area (Å²) in [5.74, 6) is -0.497. The van der Waals surface area contributed by atoms with Crippen LogP contribution >= 0.6 is 31.9 Å². The van der Waals surface area contributed by atoms with Crippen molar-refractivity contribution in [1.82, 2.24) is 0 Å². The van der Waals surface area contributed by atoms with Gasteiger partial charge in [-0.15, -0.1) is 0 Å². The topological polar surface area (TPSA) is 105 Å². The highest BCUT2D eigenvalue weighted by Crippen LogP contribution is 2.26. The van der Waals surface area contributed by atoms with Gasteiger partial charge in [0.2, 0.25) is 0 Å². The lowest BCUT2D eigenvalue weighted by Crippen LogP contribution is -2.11. The van der Waals surface area contributed by atoms with Crippen molar-refractivity contribution in [3.8, 4) is 23.0 Å². The Morgan fingerprint density at radius 2 is 0.977 bits per heavy atom. The Hall–Kier alpha value is -3.50. The number of hydrogen-bond donors (Lipinski definition) is 0. The summed E-state index contributed by atoms with van der Waals surface area (Å²) in [6.07, 6.45) is 6.09. The first-order valence-electron chi connectivity index (χ1n) is 14.1. The van der Waals surface area contributed by atoms with Gasteiger partial charge in [0.15, 0.2) is 0 Å². The van der Waals surface area contributed by atoms with E-state index in [0.717, 1.165) is 49.2 Å². The van der Waals surface area contributed by atoms with E-state index in [-0.39, 0.29) is 28.8 Å². The van der Waals surface area contributed by atoms with Gasteiger partial charge in [-0.05, 0) is 105 Å². The molecule has 0 aliphatic heterocycles. The Balaban J connectivity index is 1.49. The van der Waals surface area contributed by atoms with E-state index in [2.05, 4.69) is 31.9 Å². The maximum atomic E-state index is 12.7. The normalized spacial score (nSPS) is 10.6. The van der Waals surface area contributed by atoms with Gasteiger partial charge in [-0.3, -0.25) is 9.59 Å². The fourth-order valence-electron chi connectivity index (χ4n) is 3.89. The van der Waals surface area contributed by atoms with Gasteiger partial charge >= 0.3 is 23.9 Å². The summed E-state index contributed by atoms with van der Waals surface area (Å²) < 4.78 is 21.6. The molecule has 228 valence electrons. The maximum Gasteiger partial charge on any atom is 0.343 e. The van der Waals surface area contributed by atoms with Crippen LogP contribution in [0.25, 0.3) is 0 Å². The summed E-state index contributed by atoms with van der Waals surface area (Å²) in [4.78, 5) is 49.2. The second-order valence-electron chi connectivity index (χ2n) is 9.70. The number of alkyl halides is 2. The molecular formula is C33H34Br2O8. The minimum absolute atomic E-state index is 0.277. The molecule has 0 unspecified atom stereocenters. The van der Waals surface area contributed by atoms with Gasteiger partial charge in [-0.1, -0.05) is 44.7 Å². The van der Waals surface area contributed by atoms with Crippen molar-refractivity contribution < 1.29 is 38.1 Å². The molecule has 0 fully saturated rings. The molecule has 0 heterocycles. The number of esters is 4. The summed E-state index contributed by atoms with van der Waals surface area (Å²) in [5.41, 5.74) is 1.16. The van der Waals surface area contributed by atoms with Crippen LogP contribution in [0.4, 0.5) is 0 Å². The monoisotopic (exact) mass is 716 g/mol. The Kier molecular flexibility index (Phi) is 14.4. The fourth-order valence-corrected chi connectivity index (χ4v) is 4.68. The van der Waals surface area contributed by atoms with Gasteiger partial charge in [0.25, 0.3) is 0 Å². The van der Waals surface area contributed by atoms with Crippen molar-refractivity contribution in [1.29, 1.82) is 0 Å². The molecule has 3 aromatic carbocycles. The molecule has 0 aliphatic rings. The van der Waals surface area contributed by atoms with E-state index in [1.807, 2.05) is 0 Å². The van der Waals surface area contributed by atoms with Crippen LogP contribution in [0.1, 0.15) is 77.6 Å². The molecule has 0 radical (unpaired) electrons. The summed E-state index contributed by atoms with van der Waals surface area (Å²) >= 11 is 6.73. The van der Waals surface area contributed by atoms with Crippen LogP contribution in [0, 0.1) is 6.92 Å². The van der Waals surface area contributed by atoms with Gasteiger partial charge in [0.05, 0.1) is 11.1 Å². The number of aryl methyl sites for hydroxylation is 1. The SMILES string of the molecule is Cc1cc(OC(=O)c2ccc(OC(=O)CCCCCBr)cc2)ccc1OC(=O)c1ccc(OC(=O)CCCCCBr)cc1. The summed E-state index contributed by atoms with van der Waals surface area (Å²) in [6, 6.07) is 17.0. The van der Waals surface area contributed by atoms with Crippen LogP contribution in [-0.4, -0.2) is 34.5 Å². The summed E-state index contributed by atoms with van der Waals surface area (Å²) in [5, 5.41) is 1.82. The van der Waals surface area contributed by atoms with Crippen molar-refractivity contribution in [3.05, 3.63) is 83.4 Å². The number of benzene rings is 3. The van der Waals surface area contributed by atoms with E-state index >= 15 is 0 Å². The molecule has 0 atom stereocenters. The number of rotatable bonds is 16. The number of carbonyl (C=O) groups is 4. The maximum absolute atomic E-state index is 12.7. The fraction of sp³-hybridized carbons (Fsp3) is 0.333. The first-order valence-corrected chi connectivity index (χ1v) is 16.3. The molecule has 3 rings (SSSR count). The summed E-state index contributed by atoms with van der Waals surface area (Å²) in [6.45, 7) is 1.73. The highest BCUT2D eigenvalue weighted by molar-refractivity contribution is 9.09. The highest BCUT2D eigenvalue weighted by Gasteiger charge is 2.15. The molecule has 0 saturated carbocycles. The third kappa shape index (κ3) is 12.0. The number of ether oxygens (including phenoxy) is 4. The van der Waals surface area contributed by atoms with Crippen molar-refractivity contribution in [2.75, 3.05) is 10.7 Å². The lowest BCUT2D eigenvalue weighted by atomic mass is 10.2. The molecule has 8 nitrogen and oxygen atoms in total. The average Bonchev–Trinajstić information content (AvgIpc) is 2.99. The molecular weight excluding hydrogens is 684 g/mol. The van der Waals surface area contributed by atoms with Crippen LogP contribution in [0.5, 0.6) is 23.0 Å². The Labute approximate surface area is 268 Å². The van der Waals surface area contributed by atoms with E-state index in [9.17, 15) is 19.2 Å². The quantitative estimate of drug-likeness (QED) is 0.0633. The molecule has 0 amide bonds. The second-order valence-corrected chi connectivity index (χ2v) is 11.3. The van der Waals surface area contributed by atoms with Gasteiger partial charge in [0, 0.05) is 23.5 Å². The lowest BCUT2D eigenvalue weighted by Gasteiger charge is -2.11. The third-order valence-corrected chi connectivity index (χ3v) is 7.35. The van der Waals surface area contributed by atoms with Crippen LogP contribution in [0.2, 0.25) is 0 Å². The Morgan fingerprint density at radius 3 is 1.42 bits per heavy atom. The molecule has 0 aliphatic carbocycles. The zero-order valence-corrected chi connectivity index (χ0v) is 27.1. The van der Waals surface area contributed by atoms with Crippen LogP contribution in [0.3, 0.4) is 0 Å². The largest absolute Gasteiger partial charge is 0.427 e. The van der Waals surface area contributed by atoms with E-state index in [1.165, 1.54) is 30.3 Å². The zero-order chi connectivity index (χ0) is 31.0. The van der Waals surface area contributed by atoms with E-state index in [4.69, 9.17) is 18.9 Å². The predicted octanol–water partition coefficient (Wildman–Crippen LogP) is 8.15. The standard InChI is InChI=1S/C33H34Br2O8/c1-23-22-28(42-32(38)24-10-14-26(15-11-24)40-30(36)8-4-2-6-20-34)18-19-29(23)43-33(39)25-12-16-27(17-13-25)41-31(37)9-5-3-7-21-35/h10-19,22H,2-9,20-21H2,1H3. The number of unbranched alkanes of at least 4 members (excludes halogenated alkanes) is 4. The molecule has 0 spiro atoms. The van der Waals surface area contributed by atoms with Gasteiger partial charge in [-0.25, -0.2) is 9.59 Å². The molecule has 0 aromatic heterocycles. The van der Waals surface area contributed by atoms with Crippen LogP contribution in [0.15, 0.2) is 66.7 Å². The Bertz CT molecular complexity index is 1370. The van der Waals surface area contributed by atoms with E-state index in [0.29, 0.717) is 35.7 Å². The molecule has 0 N–H and O–H groups in total. The minimum Gasteiger partial charge on any atom is -0.427 e. The average molecular weight is 718 g/mol.